The van der Waals surface area contributed by atoms with E-state index in [2.05, 4.69) is 6.92 Å². The molecule has 0 aliphatic carbocycles. The first kappa shape index (κ1) is 10.9. The number of carbonyl (C=O) groups excluding carboxylic acids is 1. The first-order valence-electron chi connectivity index (χ1n) is 4.69. The Bertz CT molecular complexity index is 169. The van der Waals surface area contributed by atoms with Crippen LogP contribution in [0.1, 0.15) is 19.8 Å². The second kappa shape index (κ2) is 5.50. The number of rotatable bonds is 4. The quantitative estimate of drug-likeness (QED) is 0.690. The van der Waals surface area contributed by atoms with Crippen LogP contribution < -0.4 is 0 Å². The lowest BCUT2D eigenvalue weighted by molar-refractivity contribution is -0.131. The Hall–Kier alpha value is -0.220. The lowest BCUT2D eigenvalue weighted by Gasteiger charge is -2.19. The van der Waals surface area contributed by atoms with Gasteiger partial charge in [0, 0.05) is 6.54 Å². The first-order chi connectivity index (χ1) is 6.29. The van der Waals surface area contributed by atoms with E-state index in [1.54, 1.807) is 16.7 Å². The van der Waals surface area contributed by atoms with Gasteiger partial charge in [-0.1, -0.05) is 13.3 Å². The Morgan fingerprint density at radius 1 is 1.69 bits per heavy atom. The van der Waals surface area contributed by atoms with Crippen molar-refractivity contribution in [2.45, 2.75) is 25.0 Å². The Kier molecular flexibility index (Phi) is 4.59. The van der Waals surface area contributed by atoms with Gasteiger partial charge in [0.2, 0.25) is 5.91 Å². The van der Waals surface area contributed by atoms with Crippen LogP contribution in [-0.4, -0.2) is 42.2 Å². The topological polar surface area (TPSA) is 29.5 Å². The highest BCUT2D eigenvalue weighted by Gasteiger charge is 2.25. The van der Waals surface area contributed by atoms with Crippen molar-refractivity contribution in [1.82, 2.24) is 4.90 Å². The fraction of sp³-hybridized carbons (Fsp3) is 0.889. The highest BCUT2D eigenvalue weighted by molar-refractivity contribution is 7.99. The van der Waals surface area contributed by atoms with Crippen molar-refractivity contribution in [3.63, 3.8) is 0 Å². The Balaban J connectivity index is 2.42. The maximum Gasteiger partial charge on any atom is 0.237 e. The normalized spacial score (nSPS) is 19.1. The van der Waals surface area contributed by atoms with E-state index in [-0.39, 0.29) is 11.2 Å². The molecule has 0 bridgehead atoms. The SMILES string of the molecule is CCCC(SC)C(=O)N1CCOC1. The number of ether oxygens (including phenoxy) is 1. The second-order valence-electron chi connectivity index (χ2n) is 3.15. The molecule has 1 aliphatic rings. The Morgan fingerprint density at radius 2 is 2.46 bits per heavy atom. The number of carbonyl (C=O) groups is 1. The molecule has 0 N–H and O–H groups in total. The third-order valence-electron chi connectivity index (χ3n) is 2.18. The molecule has 1 fully saturated rings. The molecule has 0 radical (unpaired) electrons. The van der Waals surface area contributed by atoms with E-state index in [0.29, 0.717) is 13.3 Å². The first-order valence-corrected chi connectivity index (χ1v) is 5.97. The molecule has 0 saturated carbocycles. The predicted octanol–water partition coefficient (Wildman–Crippen LogP) is 1.33. The van der Waals surface area contributed by atoms with Crippen molar-refractivity contribution < 1.29 is 9.53 Å². The van der Waals surface area contributed by atoms with Crippen LogP contribution in [0.15, 0.2) is 0 Å². The van der Waals surface area contributed by atoms with Gasteiger partial charge in [0.1, 0.15) is 6.73 Å². The maximum atomic E-state index is 11.8. The van der Waals surface area contributed by atoms with Gasteiger partial charge in [-0.25, -0.2) is 0 Å². The van der Waals surface area contributed by atoms with Gasteiger partial charge in [-0.3, -0.25) is 4.79 Å². The van der Waals surface area contributed by atoms with Gasteiger partial charge in [0.25, 0.3) is 0 Å². The molecule has 1 rings (SSSR count). The van der Waals surface area contributed by atoms with Gasteiger partial charge in [0.15, 0.2) is 0 Å². The van der Waals surface area contributed by atoms with Crippen LogP contribution >= 0.6 is 11.8 Å². The van der Waals surface area contributed by atoms with Gasteiger partial charge >= 0.3 is 0 Å². The van der Waals surface area contributed by atoms with Crippen LogP contribution in [0.5, 0.6) is 0 Å². The monoisotopic (exact) mass is 203 g/mol. The third-order valence-corrected chi connectivity index (χ3v) is 3.18. The number of amides is 1. The fourth-order valence-corrected chi connectivity index (χ4v) is 2.22. The van der Waals surface area contributed by atoms with Crippen LogP contribution in [0, 0.1) is 0 Å². The summed E-state index contributed by atoms with van der Waals surface area (Å²) in [5, 5.41) is 0.131. The summed E-state index contributed by atoms with van der Waals surface area (Å²) in [6.45, 7) is 4.05. The standard InChI is InChI=1S/C9H17NO2S/c1-3-4-8(13-2)9(11)10-5-6-12-7-10/h8H,3-7H2,1-2H3. The van der Waals surface area contributed by atoms with Crippen LogP contribution in [0.4, 0.5) is 0 Å². The smallest absolute Gasteiger partial charge is 0.237 e. The van der Waals surface area contributed by atoms with Crippen molar-refractivity contribution in [3.8, 4) is 0 Å². The van der Waals surface area contributed by atoms with Crippen molar-refractivity contribution in [3.05, 3.63) is 0 Å². The van der Waals surface area contributed by atoms with Crippen molar-refractivity contribution in [1.29, 1.82) is 0 Å². The molecule has 1 aliphatic heterocycles. The van der Waals surface area contributed by atoms with E-state index < -0.39 is 0 Å². The average molecular weight is 203 g/mol. The summed E-state index contributed by atoms with van der Waals surface area (Å²) < 4.78 is 5.15. The van der Waals surface area contributed by atoms with E-state index in [0.717, 1.165) is 19.4 Å². The summed E-state index contributed by atoms with van der Waals surface area (Å²) in [4.78, 5) is 13.6. The molecule has 1 atom stereocenters. The molecule has 3 nitrogen and oxygen atoms in total. The molecule has 1 amide bonds. The van der Waals surface area contributed by atoms with Gasteiger partial charge in [0.05, 0.1) is 11.9 Å². The minimum Gasteiger partial charge on any atom is -0.359 e. The maximum absolute atomic E-state index is 11.8. The van der Waals surface area contributed by atoms with Gasteiger partial charge in [-0.05, 0) is 12.7 Å². The van der Waals surface area contributed by atoms with Gasteiger partial charge < -0.3 is 9.64 Å². The Labute approximate surface area is 83.8 Å². The van der Waals surface area contributed by atoms with Crippen LogP contribution in [-0.2, 0) is 9.53 Å². The second-order valence-corrected chi connectivity index (χ2v) is 4.19. The summed E-state index contributed by atoms with van der Waals surface area (Å²) >= 11 is 1.64. The highest BCUT2D eigenvalue weighted by atomic mass is 32.2. The van der Waals surface area contributed by atoms with E-state index in [1.165, 1.54) is 0 Å². The number of thioether (sulfide) groups is 1. The molecule has 13 heavy (non-hydrogen) atoms. The molecular weight excluding hydrogens is 186 g/mol. The zero-order valence-electron chi connectivity index (χ0n) is 8.28. The van der Waals surface area contributed by atoms with E-state index in [1.807, 2.05) is 6.26 Å². The molecule has 1 saturated heterocycles. The summed E-state index contributed by atoms with van der Waals surface area (Å²) in [5.74, 6) is 0.242. The van der Waals surface area contributed by atoms with Crippen molar-refractivity contribution in [2.75, 3.05) is 26.1 Å². The lowest BCUT2D eigenvalue weighted by Crippen LogP contribution is -2.35. The van der Waals surface area contributed by atoms with Gasteiger partial charge in [-0.2, -0.15) is 11.8 Å². The summed E-state index contributed by atoms with van der Waals surface area (Å²) in [6, 6.07) is 0. The van der Waals surface area contributed by atoms with Crippen molar-refractivity contribution in [2.24, 2.45) is 0 Å². The summed E-state index contributed by atoms with van der Waals surface area (Å²) in [7, 11) is 0. The van der Waals surface area contributed by atoms with Crippen LogP contribution in [0.2, 0.25) is 0 Å². The average Bonchev–Trinajstić information content (AvgIpc) is 2.65. The lowest BCUT2D eigenvalue weighted by atomic mass is 10.2. The van der Waals surface area contributed by atoms with E-state index >= 15 is 0 Å². The van der Waals surface area contributed by atoms with Crippen molar-refractivity contribution >= 4 is 17.7 Å². The molecular formula is C9H17NO2S. The largest absolute Gasteiger partial charge is 0.359 e. The third kappa shape index (κ3) is 2.88. The molecule has 0 aromatic heterocycles. The van der Waals surface area contributed by atoms with Crippen LogP contribution in [0.25, 0.3) is 0 Å². The summed E-state index contributed by atoms with van der Waals surface area (Å²) in [5.41, 5.74) is 0. The molecule has 4 heteroatoms. The fourth-order valence-electron chi connectivity index (χ4n) is 1.40. The van der Waals surface area contributed by atoms with Crippen LogP contribution in [0.3, 0.4) is 0 Å². The highest BCUT2D eigenvalue weighted by Crippen LogP contribution is 2.17. The molecule has 1 unspecified atom stereocenters. The molecule has 1 heterocycles. The predicted molar refractivity (Wildman–Crippen MR) is 54.7 cm³/mol. The number of nitrogens with zero attached hydrogens (tertiary/aromatic N) is 1. The zero-order valence-corrected chi connectivity index (χ0v) is 9.10. The minimum absolute atomic E-state index is 0.131. The molecule has 76 valence electrons. The molecule has 0 aromatic rings. The minimum atomic E-state index is 0.131. The zero-order chi connectivity index (χ0) is 9.68. The van der Waals surface area contributed by atoms with E-state index in [4.69, 9.17) is 4.74 Å². The van der Waals surface area contributed by atoms with E-state index in [9.17, 15) is 4.79 Å². The molecule has 0 spiro atoms. The summed E-state index contributed by atoms with van der Waals surface area (Å²) in [6.07, 6.45) is 4.03. The number of hydrogen-bond donors (Lipinski definition) is 0. The van der Waals surface area contributed by atoms with Gasteiger partial charge in [-0.15, -0.1) is 0 Å². The Morgan fingerprint density at radius 3 is 2.92 bits per heavy atom. The molecule has 0 aromatic carbocycles. The number of hydrogen-bond acceptors (Lipinski definition) is 3.